The molecule has 0 nitrogen and oxygen atoms in total. The summed E-state index contributed by atoms with van der Waals surface area (Å²) in [6.45, 7) is 2.32. The molecule has 0 aliphatic carbocycles. The highest BCUT2D eigenvalue weighted by atomic mass is 14.5. The van der Waals surface area contributed by atoms with Crippen LogP contribution in [0.1, 0.15) is 35.6 Å². The van der Waals surface area contributed by atoms with E-state index in [1.54, 1.807) is 0 Å². The van der Waals surface area contributed by atoms with Crippen LogP contribution in [0.15, 0.2) is 121 Å². The monoisotopic (exact) mass is 374 g/mol. The van der Waals surface area contributed by atoms with Gasteiger partial charge < -0.3 is 0 Å². The Kier molecular flexibility index (Phi) is 5.40. The van der Waals surface area contributed by atoms with Crippen LogP contribution in [0.5, 0.6) is 0 Å². The van der Waals surface area contributed by atoms with Gasteiger partial charge in [-0.2, -0.15) is 0 Å². The summed E-state index contributed by atoms with van der Waals surface area (Å²) >= 11 is 0. The first-order chi connectivity index (χ1) is 14.2. The topological polar surface area (TPSA) is 0 Å². The summed E-state index contributed by atoms with van der Waals surface area (Å²) in [5, 5.41) is -0.243. The Morgan fingerprint density at radius 2 is 0.759 bits per heavy atom. The van der Waals surface area contributed by atoms with Crippen LogP contribution in [0.4, 0.5) is 0 Å². The fraction of sp³-hybridized carbons (Fsp3) is 0.143. The van der Waals surface area contributed by atoms with Gasteiger partial charge in [0.15, 0.2) is 0 Å². The zero-order chi connectivity index (χ0) is 20.2. The first kappa shape index (κ1) is 19.3. The molecule has 0 N–H and O–H groups in total. The molecule has 0 unspecified atom stereocenters. The van der Waals surface area contributed by atoms with Crippen LogP contribution >= 0.6 is 0 Å². The highest BCUT2D eigenvalue weighted by Crippen LogP contribution is 2.52. The fourth-order valence-electron chi connectivity index (χ4n) is 5.15. The van der Waals surface area contributed by atoms with Gasteiger partial charge >= 0.3 is 0 Å². The Hall–Kier alpha value is -3.06. The van der Waals surface area contributed by atoms with E-state index in [2.05, 4.69) is 136 Å². The third-order valence-corrected chi connectivity index (χ3v) is 6.62. The molecule has 0 heterocycles. The summed E-state index contributed by atoms with van der Waals surface area (Å²) in [7, 11) is 2.42. The first-order valence-electron chi connectivity index (χ1n) is 10.5. The Labute approximate surface area is 175 Å². The van der Waals surface area contributed by atoms with Crippen molar-refractivity contribution in [1.29, 1.82) is 0 Å². The van der Waals surface area contributed by atoms with Gasteiger partial charge in [-0.3, -0.25) is 0 Å². The third kappa shape index (κ3) is 3.11. The second-order valence-electron chi connectivity index (χ2n) is 7.85. The van der Waals surface area contributed by atoms with Crippen molar-refractivity contribution >= 4 is 7.85 Å². The van der Waals surface area contributed by atoms with E-state index >= 15 is 0 Å². The average molecular weight is 374 g/mol. The standard InChI is InChI=1S/C28H27B/c1-2-27(23-15-7-3-8-16-23,24-17-9-4-10-18-24)28(29,25-19-11-5-12-20-25)26-21-13-6-14-22-26/h3-22H,2,29H2,1H3. The smallest absolute Gasteiger partial charge is 0.0642 e. The molecule has 0 fully saturated rings. The van der Waals surface area contributed by atoms with Crippen molar-refractivity contribution in [2.75, 3.05) is 0 Å². The van der Waals surface area contributed by atoms with Crippen molar-refractivity contribution < 1.29 is 0 Å². The molecule has 0 saturated heterocycles. The molecule has 0 aliphatic rings. The molecule has 4 rings (SSSR count). The molecule has 142 valence electrons. The number of rotatable bonds is 6. The van der Waals surface area contributed by atoms with Crippen LogP contribution in [0, 0.1) is 0 Å². The molecule has 0 saturated carbocycles. The lowest BCUT2D eigenvalue weighted by Gasteiger charge is -2.51. The van der Waals surface area contributed by atoms with E-state index in [1.807, 2.05) is 0 Å². The van der Waals surface area contributed by atoms with Gasteiger partial charge in [0.1, 0.15) is 7.85 Å². The van der Waals surface area contributed by atoms with Crippen molar-refractivity contribution in [3.63, 3.8) is 0 Å². The summed E-state index contributed by atoms with van der Waals surface area (Å²) in [5.74, 6) is 0. The molecular formula is C28H27B. The summed E-state index contributed by atoms with van der Waals surface area (Å²) in [4.78, 5) is 0. The van der Waals surface area contributed by atoms with E-state index in [0.29, 0.717) is 0 Å². The largest absolute Gasteiger partial charge is 0.122 e. The van der Waals surface area contributed by atoms with Crippen LogP contribution in [-0.4, -0.2) is 7.85 Å². The highest BCUT2D eigenvalue weighted by molar-refractivity contribution is 6.20. The lowest BCUT2D eigenvalue weighted by atomic mass is 9.42. The summed E-state index contributed by atoms with van der Waals surface area (Å²) in [5.41, 5.74) is 5.16. The number of hydrogen-bond donors (Lipinski definition) is 0. The predicted molar refractivity (Wildman–Crippen MR) is 126 cm³/mol. The van der Waals surface area contributed by atoms with Crippen molar-refractivity contribution in [3.05, 3.63) is 144 Å². The summed E-state index contributed by atoms with van der Waals surface area (Å²) < 4.78 is 0. The Balaban J connectivity index is 2.13. The highest BCUT2D eigenvalue weighted by Gasteiger charge is 2.50. The third-order valence-electron chi connectivity index (χ3n) is 6.62. The lowest BCUT2D eigenvalue weighted by Crippen LogP contribution is -2.51. The molecular weight excluding hydrogens is 347 g/mol. The van der Waals surface area contributed by atoms with Crippen LogP contribution in [-0.2, 0) is 10.7 Å². The minimum Gasteiger partial charge on any atom is -0.0642 e. The Bertz CT molecular complexity index is 946. The first-order valence-corrected chi connectivity index (χ1v) is 10.5. The molecule has 0 spiro atoms. The van der Waals surface area contributed by atoms with E-state index in [9.17, 15) is 0 Å². The van der Waals surface area contributed by atoms with Gasteiger partial charge in [0, 0.05) is 10.7 Å². The van der Waals surface area contributed by atoms with Gasteiger partial charge in [-0.1, -0.05) is 128 Å². The molecule has 0 amide bonds. The average Bonchev–Trinajstić information content (AvgIpc) is 2.82. The summed E-state index contributed by atoms with van der Waals surface area (Å²) in [6, 6.07) is 44.0. The quantitative estimate of drug-likeness (QED) is 0.365. The molecule has 0 radical (unpaired) electrons. The summed E-state index contributed by atoms with van der Waals surface area (Å²) in [6.07, 6.45) is 0.987. The minimum atomic E-state index is -0.243. The fourth-order valence-corrected chi connectivity index (χ4v) is 5.15. The predicted octanol–water partition coefficient (Wildman–Crippen LogP) is 5.96. The molecule has 29 heavy (non-hydrogen) atoms. The maximum absolute atomic E-state index is 2.42. The van der Waals surface area contributed by atoms with E-state index in [0.717, 1.165) is 6.42 Å². The van der Waals surface area contributed by atoms with Crippen LogP contribution < -0.4 is 0 Å². The Morgan fingerprint density at radius 3 is 1.03 bits per heavy atom. The van der Waals surface area contributed by atoms with Gasteiger partial charge in [0.05, 0.1) is 0 Å². The van der Waals surface area contributed by atoms with Gasteiger partial charge in [0.25, 0.3) is 0 Å². The molecule has 0 atom stereocenters. The van der Waals surface area contributed by atoms with Gasteiger partial charge in [-0.15, -0.1) is 0 Å². The van der Waals surface area contributed by atoms with E-state index in [-0.39, 0.29) is 10.7 Å². The van der Waals surface area contributed by atoms with E-state index < -0.39 is 0 Å². The van der Waals surface area contributed by atoms with Gasteiger partial charge in [0.2, 0.25) is 0 Å². The Morgan fingerprint density at radius 1 is 0.483 bits per heavy atom. The zero-order valence-corrected chi connectivity index (χ0v) is 17.3. The van der Waals surface area contributed by atoms with Crippen molar-refractivity contribution in [2.45, 2.75) is 24.1 Å². The maximum atomic E-state index is 2.42. The van der Waals surface area contributed by atoms with Crippen molar-refractivity contribution in [2.24, 2.45) is 0 Å². The molecule has 1 heteroatoms. The number of benzene rings is 4. The molecule has 4 aromatic carbocycles. The maximum Gasteiger partial charge on any atom is 0.122 e. The van der Waals surface area contributed by atoms with Crippen molar-refractivity contribution in [3.8, 4) is 0 Å². The lowest BCUT2D eigenvalue weighted by molar-refractivity contribution is 0.394. The number of hydrogen-bond acceptors (Lipinski definition) is 0. The second kappa shape index (κ2) is 8.13. The van der Waals surface area contributed by atoms with Crippen LogP contribution in [0.25, 0.3) is 0 Å². The van der Waals surface area contributed by atoms with E-state index in [4.69, 9.17) is 0 Å². The van der Waals surface area contributed by atoms with Crippen molar-refractivity contribution in [1.82, 2.24) is 0 Å². The molecule has 0 aromatic heterocycles. The molecule has 4 aromatic rings. The van der Waals surface area contributed by atoms with Crippen LogP contribution in [0.3, 0.4) is 0 Å². The SMILES string of the molecule is BC(c1ccccc1)(c1ccccc1)C(CC)(c1ccccc1)c1ccccc1. The molecule has 0 bridgehead atoms. The minimum absolute atomic E-state index is 0.210. The second-order valence-corrected chi connectivity index (χ2v) is 7.85. The van der Waals surface area contributed by atoms with Crippen LogP contribution in [0.2, 0.25) is 0 Å². The van der Waals surface area contributed by atoms with Gasteiger partial charge in [-0.25, -0.2) is 0 Å². The molecule has 0 aliphatic heterocycles. The normalized spacial score (nSPS) is 11.9. The zero-order valence-electron chi connectivity index (χ0n) is 17.3. The van der Waals surface area contributed by atoms with E-state index in [1.165, 1.54) is 22.3 Å². The van der Waals surface area contributed by atoms with Gasteiger partial charge in [-0.05, 0) is 28.7 Å².